The van der Waals surface area contributed by atoms with E-state index in [1.807, 2.05) is 6.07 Å². The topological polar surface area (TPSA) is 58.6 Å². The van der Waals surface area contributed by atoms with E-state index in [1.54, 1.807) is 6.07 Å². The number of halogens is 1. The van der Waals surface area contributed by atoms with Crippen LogP contribution in [0.1, 0.15) is 30.1 Å². The molecule has 3 rings (SSSR count). The van der Waals surface area contributed by atoms with Crippen LogP contribution < -0.4 is 5.32 Å². The Labute approximate surface area is 110 Å². The number of hydrogen-bond donors (Lipinski definition) is 2. The van der Waals surface area contributed by atoms with Crippen molar-refractivity contribution in [1.82, 2.24) is 0 Å². The standard InChI is InChI=1S/C13H14ClNO3/c14-9-5-8(13(17)10-2-1-3-18-10)4-7-6-11(16)15-12(7)9/h4-5,10,13,17H,1-3,6H2,(H,15,16). The summed E-state index contributed by atoms with van der Waals surface area (Å²) in [4.78, 5) is 11.3. The van der Waals surface area contributed by atoms with E-state index in [1.165, 1.54) is 0 Å². The summed E-state index contributed by atoms with van der Waals surface area (Å²) in [5, 5.41) is 13.4. The third kappa shape index (κ3) is 2.00. The second-order valence-corrected chi connectivity index (χ2v) is 5.17. The molecule has 1 fully saturated rings. The Kier molecular flexibility index (Phi) is 3.01. The van der Waals surface area contributed by atoms with E-state index in [0.717, 1.165) is 24.0 Å². The molecule has 2 atom stereocenters. The molecule has 0 spiro atoms. The minimum Gasteiger partial charge on any atom is -0.386 e. The van der Waals surface area contributed by atoms with Gasteiger partial charge in [-0.25, -0.2) is 0 Å². The predicted molar refractivity (Wildman–Crippen MR) is 67.7 cm³/mol. The number of anilines is 1. The fraction of sp³-hybridized carbons (Fsp3) is 0.462. The lowest BCUT2D eigenvalue weighted by Gasteiger charge is -2.19. The predicted octanol–water partition coefficient (Wildman–Crippen LogP) is 2.05. The van der Waals surface area contributed by atoms with Gasteiger partial charge in [0.1, 0.15) is 6.10 Å². The zero-order chi connectivity index (χ0) is 12.7. The summed E-state index contributed by atoms with van der Waals surface area (Å²) >= 11 is 6.12. The fourth-order valence-corrected chi connectivity index (χ4v) is 2.85. The first kappa shape index (κ1) is 12.0. The molecule has 2 aliphatic heterocycles. The molecule has 0 aromatic heterocycles. The highest BCUT2D eigenvalue weighted by molar-refractivity contribution is 6.34. The lowest BCUT2D eigenvalue weighted by atomic mass is 9.99. The van der Waals surface area contributed by atoms with Crippen molar-refractivity contribution in [2.24, 2.45) is 0 Å². The van der Waals surface area contributed by atoms with Crippen LogP contribution >= 0.6 is 11.6 Å². The van der Waals surface area contributed by atoms with Crippen LogP contribution in [0.2, 0.25) is 5.02 Å². The number of nitrogens with one attached hydrogen (secondary N) is 1. The van der Waals surface area contributed by atoms with Crippen molar-refractivity contribution >= 4 is 23.2 Å². The molecule has 2 N–H and O–H groups in total. The summed E-state index contributed by atoms with van der Waals surface area (Å²) in [6.07, 6.45) is 1.31. The third-order valence-corrected chi connectivity index (χ3v) is 3.77. The number of carbonyl (C=O) groups excluding carboxylic acids is 1. The number of aliphatic hydroxyl groups excluding tert-OH is 1. The quantitative estimate of drug-likeness (QED) is 0.862. The summed E-state index contributed by atoms with van der Waals surface area (Å²) in [6.45, 7) is 0.695. The van der Waals surface area contributed by atoms with Gasteiger partial charge in [-0.3, -0.25) is 4.79 Å². The Hall–Kier alpha value is -1.10. The molecule has 0 aliphatic carbocycles. The van der Waals surface area contributed by atoms with Gasteiger partial charge in [0, 0.05) is 6.61 Å². The molecule has 2 heterocycles. The maximum Gasteiger partial charge on any atom is 0.228 e. The summed E-state index contributed by atoms with van der Waals surface area (Å²) < 4.78 is 5.47. The smallest absolute Gasteiger partial charge is 0.228 e. The molecule has 2 unspecified atom stereocenters. The molecular formula is C13H14ClNO3. The van der Waals surface area contributed by atoms with E-state index in [2.05, 4.69) is 5.32 Å². The van der Waals surface area contributed by atoms with Crippen molar-refractivity contribution in [2.45, 2.75) is 31.5 Å². The van der Waals surface area contributed by atoms with Crippen LogP contribution in [0.4, 0.5) is 5.69 Å². The van der Waals surface area contributed by atoms with Crippen LogP contribution in [-0.2, 0) is 16.0 Å². The largest absolute Gasteiger partial charge is 0.386 e. The number of benzene rings is 1. The van der Waals surface area contributed by atoms with E-state index in [-0.39, 0.29) is 12.0 Å². The maximum absolute atomic E-state index is 11.3. The first-order valence-corrected chi connectivity index (χ1v) is 6.45. The third-order valence-electron chi connectivity index (χ3n) is 3.47. The van der Waals surface area contributed by atoms with E-state index in [0.29, 0.717) is 23.7 Å². The Bertz CT molecular complexity index is 497. The summed E-state index contributed by atoms with van der Waals surface area (Å²) in [7, 11) is 0. The van der Waals surface area contributed by atoms with E-state index < -0.39 is 6.10 Å². The molecule has 1 aromatic carbocycles. The molecular weight excluding hydrogens is 254 g/mol. The summed E-state index contributed by atoms with van der Waals surface area (Å²) in [5.41, 5.74) is 2.24. The molecule has 1 amide bonds. The summed E-state index contributed by atoms with van der Waals surface area (Å²) in [5.74, 6) is -0.0596. The number of ether oxygens (including phenoxy) is 1. The number of fused-ring (bicyclic) bond motifs is 1. The molecule has 0 bridgehead atoms. The van der Waals surface area contributed by atoms with Crippen LogP contribution in [0.5, 0.6) is 0 Å². The highest BCUT2D eigenvalue weighted by Gasteiger charge is 2.28. The van der Waals surface area contributed by atoms with Crippen LogP contribution in [0.15, 0.2) is 12.1 Å². The lowest BCUT2D eigenvalue weighted by molar-refractivity contribution is -0.115. The molecule has 1 saturated heterocycles. The van der Waals surface area contributed by atoms with Gasteiger partial charge in [-0.15, -0.1) is 0 Å². The van der Waals surface area contributed by atoms with Crippen molar-refractivity contribution in [2.75, 3.05) is 11.9 Å². The monoisotopic (exact) mass is 267 g/mol. The molecule has 0 saturated carbocycles. The number of rotatable bonds is 2. The van der Waals surface area contributed by atoms with E-state index in [9.17, 15) is 9.90 Å². The number of aliphatic hydroxyl groups is 1. The zero-order valence-corrected chi connectivity index (χ0v) is 10.5. The van der Waals surface area contributed by atoms with Gasteiger partial charge in [0.2, 0.25) is 5.91 Å². The van der Waals surface area contributed by atoms with Gasteiger partial charge in [0.15, 0.2) is 0 Å². The Morgan fingerprint density at radius 1 is 1.50 bits per heavy atom. The van der Waals surface area contributed by atoms with Crippen molar-refractivity contribution in [3.8, 4) is 0 Å². The van der Waals surface area contributed by atoms with Gasteiger partial charge in [0.05, 0.1) is 23.2 Å². The van der Waals surface area contributed by atoms with Gasteiger partial charge in [-0.05, 0) is 30.0 Å². The number of amides is 1. The van der Waals surface area contributed by atoms with Crippen molar-refractivity contribution in [3.05, 3.63) is 28.3 Å². The zero-order valence-electron chi connectivity index (χ0n) is 9.78. The van der Waals surface area contributed by atoms with Gasteiger partial charge in [-0.1, -0.05) is 17.7 Å². The van der Waals surface area contributed by atoms with Gasteiger partial charge >= 0.3 is 0 Å². The highest BCUT2D eigenvalue weighted by Crippen LogP contribution is 2.36. The number of hydrogen-bond acceptors (Lipinski definition) is 3. The molecule has 4 nitrogen and oxygen atoms in total. The van der Waals surface area contributed by atoms with Crippen molar-refractivity contribution < 1.29 is 14.6 Å². The fourth-order valence-electron chi connectivity index (χ4n) is 2.56. The van der Waals surface area contributed by atoms with E-state index >= 15 is 0 Å². The molecule has 2 aliphatic rings. The number of carbonyl (C=O) groups is 1. The van der Waals surface area contributed by atoms with Gasteiger partial charge in [0.25, 0.3) is 0 Å². The molecule has 18 heavy (non-hydrogen) atoms. The molecule has 0 radical (unpaired) electrons. The van der Waals surface area contributed by atoms with Crippen LogP contribution in [0.25, 0.3) is 0 Å². The van der Waals surface area contributed by atoms with Crippen molar-refractivity contribution in [3.63, 3.8) is 0 Å². The minimum atomic E-state index is -0.675. The second-order valence-electron chi connectivity index (χ2n) is 4.76. The maximum atomic E-state index is 11.3. The second kappa shape index (κ2) is 4.53. The van der Waals surface area contributed by atoms with Crippen molar-refractivity contribution in [1.29, 1.82) is 0 Å². The molecule has 96 valence electrons. The van der Waals surface area contributed by atoms with Crippen LogP contribution in [0, 0.1) is 0 Å². The molecule has 1 aromatic rings. The SMILES string of the molecule is O=C1Cc2cc(C(O)C3CCCO3)cc(Cl)c2N1. The Balaban J connectivity index is 1.91. The van der Waals surface area contributed by atoms with Crippen LogP contribution in [0.3, 0.4) is 0 Å². The van der Waals surface area contributed by atoms with E-state index in [4.69, 9.17) is 16.3 Å². The average molecular weight is 268 g/mol. The lowest BCUT2D eigenvalue weighted by Crippen LogP contribution is -2.17. The van der Waals surface area contributed by atoms with Gasteiger partial charge in [-0.2, -0.15) is 0 Å². The minimum absolute atomic E-state index is 0.0596. The Morgan fingerprint density at radius 3 is 3.06 bits per heavy atom. The Morgan fingerprint density at radius 2 is 2.33 bits per heavy atom. The average Bonchev–Trinajstić information content (AvgIpc) is 2.96. The molecule has 5 heteroatoms. The normalized spacial score (nSPS) is 23.9. The van der Waals surface area contributed by atoms with Gasteiger partial charge < -0.3 is 15.2 Å². The first-order valence-electron chi connectivity index (χ1n) is 6.07. The highest BCUT2D eigenvalue weighted by atomic mass is 35.5. The first-order chi connectivity index (χ1) is 8.65. The summed E-state index contributed by atoms with van der Waals surface area (Å²) in [6, 6.07) is 3.55. The van der Waals surface area contributed by atoms with Crippen LogP contribution in [-0.4, -0.2) is 23.7 Å².